The van der Waals surface area contributed by atoms with Crippen molar-refractivity contribution in [3.8, 4) is 0 Å². The molecule has 0 radical (unpaired) electrons. The maximum atomic E-state index is 13.9. The second-order valence-corrected chi connectivity index (χ2v) is 12.0. The molecule has 0 aliphatic heterocycles. The average Bonchev–Trinajstić information content (AvgIpc) is 3.23. The van der Waals surface area contributed by atoms with Gasteiger partial charge in [0.05, 0.1) is 5.41 Å². The lowest BCUT2D eigenvalue weighted by Gasteiger charge is -2.52. The predicted molar refractivity (Wildman–Crippen MR) is 143 cm³/mol. The van der Waals surface area contributed by atoms with E-state index in [-0.39, 0.29) is 24.1 Å². The van der Waals surface area contributed by atoms with Crippen LogP contribution in [-0.2, 0) is 25.6 Å². The molecule has 0 atom stereocenters. The Morgan fingerprint density at radius 3 is 2.40 bits per heavy atom. The number of halogens is 4. The molecule has 1 aliphatic rings. The van der Waals surface area contributed by atoms with Crippen molar-refractivity contribution in [1.29, 1.82) is 0 Å². The molecule has 1 aromatic carbocycles. The third-order valence-electron chi connectivity index (χ3n) is 6.98. The zero-order chi connectivity index (χ0) is 29.5. The number of pyridine rings is 1. The third-order valence-corrected chi connectivity index (χ3v) is 6.98. The highest BCUT2D eigenvalue weighted by Gasteiger charge is 2.54. The fraction of sp³-hybridized carbons (Fsp3) is 0.500. The molecule has 0 unspecified atom stereocenters. The second kappa shape index (κ2) is 10.5. The van der Waals surface area contributed by atoms with Crippen LogP contribution in [0.1, 0.15) is 67.8 Å². The summed E-state index contributed by atoms with van der Waals surface area (Å²) in [5.41, 5.74) is -1.89. The summed E-state index contributed by atoms with van der Waals surface area (Å²) >= 11 is 0. The van der Waals surface area contributed by atoms with Crippen molar-refractivity contribution in [2.75, 3.05) is 11.9 Å². The lowest BCUT2D eigenvalue weighted by atomic mass is 9.51. The molecule has 12 heteroatoms. The Bertz CT molecular complexity index is 1440. The number of nitrogens with zero attached hydrogens (tertiary/aromatic N) is 4. The number of anilines is 1. The van der Waals surface area contributed by atoms with Crippen molar-refractivity contribution < 1.29 is 22.4 Å². The molecule has 1 fully saturated rings. The van der Waals surface area contributed by atoms with E-state index in [4.69, 9.17) is 0 Å². The van der Waals surface area contributed by atoms with Crippen LogP contribution in [0.4, 0.5) is 23.2 Å². The molecule has 4 rings (SSSR count). The highest BCUT2D eigenvalue weighted by atomic mass is 19.4. The van der Waals surface area contributed by atoms with Gasteiger partial charge in [-0.25, -0.2) is 4.39 Å². The molecular formula is C28H34F4N6O2. The average molecular weight is 563 g/mol. The third kappa shape index (κ3) is 6.60. The second-order valence-electron chi connectivity index (χ2n) is 12.0. The summed E-state index contributed by atoms with van der Waals surface area (Å²) in [6.07, 6.45) is -0.401. The van der Waals surface area contributed by atoms with Crippen molar-refractivity contribution in [3.63, 3.8) is 0 Å². The van der Waals surface area contributed by atoms with E-state index in [2.05, 4.69) is 34.7 Å². The van der Waals surface area contributed by atoms with E-state index in [1.165, 1.54) is 19.9 Å². The van der Waals surface area contributed by atoms with E-state index in [1.807, 2.05) is 17.7 Å². The van der Waals surface area contributed by atoms with E-state index in [1.54, 1.807) is 24.5 Å². The molecule has 0 spiro atoms. The first-order valence-corrected chi connectivity index (χ1v) is 12.9. The topological polar surface area (TPSA) is 93.8 Å². The van der Waals surface area contributed by atoms with Crippen LogP contribution in [0.25, 0.3) is 0 Å². The summed E-state index contributed by atoms with van der Waals surface area (Å²) in [6.45, 7) is 5.39. The van der Waals surface area contributed by atoms with Gasteiger partial charge in [-0.3, -0.25) is 9.59 Å². The van der Waals surface area contributed by atoms with Crippen molar-refractivity contribution in [3.05, 3.63) is 75.7 Å². The van der Waals surface area contributed by atoms with Gasteiger partial charge in [0.1, 0.15) is 29.9 Å². The number of rotatable bonds is 9. The number of nitrogens with one attached hydrogen (secondary N) is 2. The Labute approximate surface area is 229 Å². The standard InChI is InChI=1S/C28H34F4N6O2/c1-25(2)13-27(14-25,24-36-34-17-37(24)5)19-7-6-8-20(10-19)35-22(39)21-9-18(11-33-15-26(3,4)29)12-38(23(21)40)16-28(30,31)32/h6-10,12,17,33H,11,13-16H2,1-5H3,(H,35,39). The molecule has 2 N–H and O–H groups in total. The Hall–Kier alpha value is -3.54. The van der Waals surface area contributed by atoms with Gasteiger partial charge in [-0.1, -0.05) is 26.0 Å². The molecule has 40 heavy (non-hydrogen) atoms. The summed E-state index contributed by atoms with van der Waals surface area (Å²) in [7, 11) is 1.87. The van der Waals surface area contributed by atoms with Crippen LogP contribution in [0.2, 0.25) is 0 Å². The molecule has 1 aliphatic carbocycles. The number of aryl methyl sites for hydroxylation is 1. The molecule has 3 aromatic rings. The first kappa shape index (κ1) is 29.4. The normalized spacial score (nSPS) is 16.4. The summed E-state index contributed by atoms with van der Waals surface area (Å²) in [4.78, 5) is 26.2. The molecule has 1 saturated carbocycles. The van der Waals surface area contributed by atoms with E-state index in [0.717, 1.165) is 30.4 Å². The maximum absolute atomic E-state index is 13.9. The molecule has 2 heterocycles. The Morgan fingerprint density at radius 1 is 1.12 bits per heavy atom. The fourth-order valence-electron chi connectivity index (χ4n) is 5.65. The van der Waals surface area contributed by atoms with Gasteiger partial charge in [0.15, 0.2) is 0 Å². The van der Waals surface area contributed by atoms with Gasteiger partial charge in [-0.2, -0.15) is 13.2 Å². The SMILES string of the molecule is Cn1cnnc1C1(c2cccc(NC(=O)c3cc(CNCC(C)(C)F)cn(CC(F)(F)F)c3=O)c2)CC(C)(C)C1. The monoisotopic (exact) mass is 562 g/mol. The van der Waals surface area contributed by atoms with Crippen LogP contribution in [0.15, 0.2) is 47.7 Å². The quantitative estimate of drug-likeness (QED) is 0.368. The highest BCUT2D eigenvalue weighted by molar-refractivity contribution is 6.04. The number of alkyl halides is 4. The van der Waals surface area contributed by atoms with Crippen LogP contribution >= 0.6 is 0 Å². The number of hydrogen-bond acceptors (Lipinski definition) is 5. The lowest BCUT2D eigenvalue weighted by Crippen LogP contribution is -2.49. The number of hydrogen-bond donors (Lipinski definition) is 2. The lowest BCUT2D eigenvalue weighted by molar-refractivity contribution is -0.141. The van der Waals surface area contributed by atoms with Crippen molar-refractivity contribution in [2.24, 2.45) is 12.5 Å². The minimum absolute atomic E-state index is 0.0305. The molecule has 1 amide bonds. The first-order valence-electron chi connectivity index (χ1n) is 12.9. The Kier molecular flexibility index (Phi) is 7.70. The zero-order valence-electron chi connectivity index (χ0n) is 23.2. The molecule has 8 nitrogen and oxygen atoms in total. The molecule has 0 saturated heterocycles. The minimum atomic E-state index is -4.68. The zero-order valence-corrected chi connectivity index (χ0v) is 23.2. The summed E-state index contributed by atoms with van der Waals surface area (Å²) in [5.74, 6) is -0.0469. The highest BCUT2D eigenvalue weighted by Crippen LogP contribution is 2.58. The van der Waals surface area contributed by atoms with E-state index < -0.39 is 40.8 Å². The number of carbonyl (C=O) groups is 1. The van der Waals surface area contributed by atoms with E-state index in [0.29, 0.717) is 10.3 Å². The van der Waals surface area contributed by atoms with E-state index >= 15 is 0 Å². The minimum Gasteiger partial charge on any atom is -0.322 e. The molecular weight excluding hydrogens is 528 g/mol. The number of carbonyl (C=O) groups excluding carboxylic acids is 1. The van der Waals surface area contributed by atoms with Crippen LogP contribution in [-0.4, -0.2) is 43.6 Å². The van der Waals surface area contributed by atoms with Crippen molar-refractivity contribution in [2.45, 2.75) is 70.9 Å². The first-order chi connectivity index (χ1) is 18.5. The Morgan fingerprint density at radius 2 is 1.82 bits per heavy atom. The van der Waals surface area contributed by atoms with Crippen LogP contribution in [0.3, 0.4) is 0 Å². The number of amides is 1. The smallest absolute Gasteiger partial charge is 0.322 e. The fourth-order valence-corrected chi connectivity index (χ4v) is 5.65. The van der Waals surface area contributed by atoms with Gasteiger partial charge < -0.3 is 19.8 Å². The van der Waals surface area contributed by atoms with Gasteiger partial charge >= 0.3 is 6.18 Å². The van der Waals surface area contributed by atoms with Gasteiger partial charge in [0.25, 0.3) is 11.5 Å². The van der Waals surface area contributed by atoms with Gasteiger partial charge in [-0.15, -0.1) is 10.2 Å². The van der Waals surface area contributed by atoms with Gasteiger partial charge in [0, 0.05) is 32.0 Å². The molecule has 216 valence electrons. The largest absolute Gasteiger partial charge is 0.406 e. The van der Waals surface area contributed by atoms with Crippen molar-refractivity contribution in [1.82, 2.24) is 24.6 Å². The van der Waals surface area contributed by atoms with E-state index in [9.17, 15) is 27.2 Å². The van der Waals surface area contributed by atoms with Crippen molar-refractivity contribution >= 4 is 11.6 Å². The summed E-state index contributed by atoms with van der Waals surface area (Å²) in [6, 6.07) is 8.40. The molecule has 2 aromatic heterocycles. The van der Waals surface area contributed by atoms with Crippen LogP contribution in [0.5, 0.6) is 0 Å². The Balaban J connectivity index is 1.64. The van der Waals surface area contributed by atoms with Crippen LogP contribution in [0, 0.1) is 5.41 Å². The predicted octanol–water partition coefficient (Wildman–Crippen LogP) is 4.74. The van der Waals surface area contributed by atoms with Crippen LogP contribution < -0.4 is 16.2 Å². The molecule has 0 bridgehead atoms. The number of benzene rings is 1. The van der Waals surface area contributed by atoms with Gasteiger partial charge in [-0.05, 0) is 61.4 Å². The number of aromatic nitrogens is 4. The summed E-state index contributed by atoms with van der Waals surface area (Å²) in [5, 5.41) is 13.9. The summed E-state index contributed by atoms with van der Waals surface area (Å²) < 4.78 is 55.8. The van der Waals surface area contributed by atoms with Gasteiger partial charge in [0.2, 0.25) is 0 Å². The maximum Gasteiger partial charge on any atom is 0.406 e.